The molecule has 3 nitrogen and oxygen atoms in total. The quantitative estimate of drug-likeness (QED) is 0.794. The number of benzene rings is 1. The van der Waals surface area contributed by atoms with Gasteiger partial charge < -0.3 is 10.2 Å². The van der Waals surface area contributed by atoms with E-state index in [0.717, 1.165) is 44.6 Å². The lowest BCUT2D eigenvalue weighted by Crippen LogP contribution is -2.42. The molecule has 0 saturated carbocycles. The molecule has 1 fully saturated rings. The number of carbonyl (C=O) groups is 1. The number of amides is 1. The number of para-hydroxylation sites is 1. The maximum atomic E-state index is 12.4. The van der Waals surface area contributed by atoms with E-state index in [1.54, 1.807) is 0 Å². The molecule has 1 amide bonds. The fourth-order valence-electron chi connectivity index (χ4n) is 2.85. The van der Waals surface area contributed by atoms with E-state index in [2.05, 4.69) is 23.5 Å². The molecule has 0 unspecified atom stereocenters. The molecule has 2 heterocycles. The summed E-state index contributed by atoms with van der Waals surface area (Å²) in [4.78, 5) is 14.4. The highest BCUT2D eigenvalue weighted by Crippen LogP contribution is 2.29. The van der Waals surface area contributed by atoms with Gasteiger partial charge in [-0.2, -0.15) is 0 Å². The average molecular weight is 230 g/mol. The molecule has 1 atom stereocenters. The Morgan fingerprint density at radius 1 is 1.35 bits per heavy atom. The molecule has 0 aliphatic carbocycles. The summed E-state index contributed by atoms with van der Waals surface area (Å²) in [6, 6.07) is 8.26. The van der Waals surface area contributed by atoms with Crippen LogP contribution >= 0.6 is 0 Å². The van der Waals surface area contributed by atoms with E-state index < -0.39 is 0 Å². The highest BCUT2D eigenvalue weighted by molar-refractivity contribution is 5.97. The van der Waals surface area contributed by atoms with Gasteiger partial charge in [-0.3, -0.25) is 4.79 Å². The van der Waals surface area contributed by atoms with Gasteiger partial charge in [-0.1, -0.05) is 18.2 Å². The smallest absolute Gasteiger partial charge is 0.231 e. The second kappa shape index (κ2) is 4.49. The van der Waals surface area contributed by atoms with Gasteiger partial charge in [0, 0.05) is 18.8 Å². The van der Waals surface area contributed by atoms with Crippen LogP contribution in [-0.2, 0) is 11.2 Å². The fraction of sp³-hybridized carbons (Fsp3) is 0.500. The number of nitrogens with one attached hydrogen (secondary N) is 1. The topological polar surface area (TPSA) is 32.3 Å². The number of nitrogens with zero attached hydrogens (tertiary/aromatic N) is 1. The van der Waals surface area contributed by atoms with Crippen molar-refractivity contribution in [3.05, 3.63) is 29.8 Å². The molecule has 3 rings (SSSR count). The van der Waals surface area contributed by atoms with E-state index >= 15 is 0 Å². The summed E-state index contributed by atoms with van der Waals surface area (Å²) in [6.45, 7) is 2.76. The largest absolute Gasteiger partial charge is 0.316 e. The van der Waals surface area contributed by atoms with Crippen molar-refractivity contribution in [3.8, 4) is 0 Å². The van der Waals surface area contributed by atoms with E-state index in [-0.39, 0.29) is 5.92 Å². The van der Waals surface area contributed by atoms with Crippen molar-refractivity contribution in [1.29, 1.82) is 0 Å². The summed E-state index contributed by atoms with van der Waals surface area (Å²) >= 11 is 0. The van der Waals surface area contributed by atoms with Crippen LogP contribution in [0.15, 0.2) is 24.3 Å². The number of rotatable bonds is 1. The lowest BCUT2D eigenvalue weighted by atomic mass is 9.98. The summed E-state index contributed by atoms with van der Waals surface area (Å²) in [5.41, 5.74) is 2.44. The fourth-order valence-corrected chi connectivity index (χ4v) is 2.85. The molecule has 1 N–H and O–H groups in total. The molecule has 0 aromatic heterocycles. The van der Waals surface area contributed by atoms with E-state index in [9.17, 15) is 4.79 Å². The van der Waals surface area contributed by atoms with Crippen molar-refractivity contribution < 1.29 is 4.79 Å². The van der Waals surface area contributed by atoms with Crippen LogP contribution in [0.1, 0.15) is 18.4 Å². The third-order valence-corrected chi connectivity index (χ3v) is 3.80. The number of hydrogen-bond donors (Lipinski definition) is 1. The predicted octanol–water partition coefficient (Wildman–Crippen LogP) is 1.58. The van der Waals surface area contributed by atoms with Crippen molar-refractivity contribution in [2.24, 2.45) is 5.92 Å². The monoisotopic (exact) mass is 230 g/mol. The first-order valence-electron chi connectivity index (χ1n) is 6.46. The van der Waals surface area contributed by atoms with Crippen LogP contribution in [0.5, 0.6) is 0 Å². The van der Waals surface area contributed by atoms with Gasteiger partial charge in [0.15, 0.2) is 0 Å². The van der Waals surface area contributed by atoms with Gasteiger partial charge in [0.05, 0.1) is 5.92 Å². The van der Waals surface area contributed by atoms with Crippen molar-refractivity contribution in [1.82, 2.24) is 5.32 Å². The van der Waals surface area contributed by atoms with Crippen LogP contribution in [0, 0.1) is 5.92 Å². The second-order valence-electron chi connectivity index (χ2n) is 4.91. The third-order valence-electron chi connectivity index (χ3n) is 3.80. The van der Waals surface area contributed by atoms with E-state index in [4.69, 9.17) is 0 Å². The maximum absolute atomic E-state index is 12.4. The Morgan fingerprint density at radius 3 is 3.06 bits per heavy atom. The number of carbonyl (C=O) groups excluding carboxylic acids is 1. The molecule has 0 spiro atoms. The zero-order valence-corrected chi connectivity index (χ0v) is 9.98. The second-order valence-corrected chi connectivity index (χ2v) is 4.91. The Labute approximate surface area is 102 Å². The molecule has 1 aromatic carbocycles. The minimum atomic E-state index is 0.176. The molecule has 0 bridgehead atoms. The van der Waals surface area contributed by atoms with Crippen molar-refractivity contribution in [2.45, 2.75) is 19.3 Å². The predicted molar refractivity (Wildman–Crippen MR) is 68.1 cm³/mol. The molecule has 2 aliphatic heterocycles. The first-order valence-corrected chi connectivity index (χ1v) is 6.46. The Morgan fingerprint density at radius 2 is 2.24 bits per heavy atom. The van der Waals surface area contributed by atoms with Gasteiger partial charge in [0.2, 0.25) is 5.91 Å². The van der Waals surface area contributed by atoms with Crippen LogP contribution in [0.2, 0.25) is 0 Å². The Balaban J connectivity index is 1.79. The summed E-state index contributed by atoms with van der Waals surface area (Å²) in [5.74, 6) is 0.483. The van der Waals surface area contributed by atoms with Crippen LogP contribution in [0.3, 0.4) is 0 Å². The van der Waals surface area contributed by atoms with Gasteiger partial charge in [-0.25, -0.2) is 0 Å². The van der Waals surface area contributed by atoms with Crippen molar-refractivity contribution in [2.75, 3.05) is 24.5 Å². The van der Waals surface area contributed by atoms with Gasteiger partial charge in [0.25, 0.3) is 0 Å². The van der Waals surface area contributed by atoms with Crippen molar-refractivity contribution in [3.63, 3.8) is 0 Å². The van der Waals surface area contributed by atoms with Gasteiger partial charge in [-0.15, -0.1) is 0 Å². The molecule has 3 heteroatoms. The SMILES string of the molecule is O=C([C@H]1CCCNC1)N1CCc2ccccc21. The number of fused-ring (bicyclic) bond motifs is 1. The standard InChI is InChI=1S/C14H18N2O/c17-14(12-5-3-8-15-10-12)16-9-7-11-4-1-2-6-13(11)16/h1-2,4,6,12,15H,3,5,7-10H2/t12-/m0/s1. The number of piperidine rings is 1. The van der Waals surface area contributed by atoms with Crippen LogP contribution in [0.25, 0.3) is 0 Å². The van der Waals surface area contributed by atoms with Crippen LogP contribution in [0.4, 0.5) is 5.69 Å². The first kappa shape index (κ1) is 10.8. The molecule has 1 aromatic rings. The molecular weight excluding hydrogens is 212 g/mol. The number of hydrogen-bond acceptors (Lipinski definition) is 2. The van der Waals surface area contributed by atoms with E-state index in [1.807, 2.05) is 11.0 Å². The third kappa shape index (κ3) is 1.95. The summed E-state index contributed by atoms with van der Waals surface area (Å²) < 4.78 is 0. The summed E-state index contributed by atoms with van der Waals surface area (Å²) in [6.07, 6.45) is 3.15. The zero-order valence-electron chi connectivity index (χ0n) is 9.98. The van der Waals surface area contributed by atoms with Crippen LogP contribution < -0.4 is 10.2 Å². The normalized spacial score (nSPS) is 23.5. The molecule has 1 saturated heterocycles. The molecule has 17 heavy (non-hydrogen) atoms. The molecule has 2 aliphatic rings. The highest BCUT2D eigenvalue weighted by atomic mass is 16.2. The van der Waals surface area contributed by atoms with Gasteiger partial charge in [-0.05, 0) is 37.4 Å². The summed E-state index contributed by atoms with van der Waals surface area (Å²) in [5, 5.41) is 3.32. The molecular formula is C14H18N2O. The minimum absolute atomic E-state index is 0.176. The van der Waals surface area contributed by atoms with Gasteiger partial charge in [0.1, 0.15) is 0 Å². The molecule has 0 radical (unpaired) electrons. The van der Waals surface area contributed by atoms with E-state index in [0.29, 0.717) is 5.91 Å². The molecule has 90 valence electrons. The maximum Gasteiger partial charge on any atom is 0.231 e. The first-order chi connectivity index (χ1) is 8.36. The Hall–Kier alpha value is -1.35. The van der Waals surface area contributed by atoms with Crippen LogP contribution in [-0.4, -0.2) is 25.5 Å². The summed E-state index contributed by atoms with van der Waals surface area (Å²) in [7, 11) is 0. The highest BCUT2D eigenvalue weighted by Gasteiger charge is 2.30. The van der Waals surface area contributed by atoms with Crippen molar-refractivity contribution >= 4 is 11.6 Å². The van der Waals surface area contributed by atoms with Gasteiger partial charge >= 0.3 is 0 Å². The Kier molecular flexibility index (Phi) is 2.85. The average Bonchev–Trinajstić information content (AvgIpc) is 2.83. The minimum Gasteiger partial charge on any atom is -0.316 e. The van der Waals surface area contributed by atoms with E-state index in [1.165, 1.54) is 5.56 Å². The lowest BCUT2D eigenvalue weighted by Gasteiger charge is -2.27. The zero-order chi connectivity index (χ0) is 11.7. The Bertz CT molecular complexity index is 424. The lowest BCUT2D eigenvalue weighted by molar-refractivity contribution is -0.122. The number of anilines is 1.